The van der Waals surface area contributed by atoms with E-state index in [1.807, 2.05) is 4.90 Å². The number of halogens is 1. The van der Waals surface area contributed by atoms with Crippen molar-refractivity contribution < 1.29 is 14.3 Å². The van der Waals surface area contributed by atoms with Crippen molar-refractivity contribution >= 4 is 23.3 Å². The lowest BCUT2D eigenvalue weighted by Crippen LogP contribution is -2.45. The normalized spacial score (nSPS) is 14.9. The van der Waals surface area contributed by atoms with Gasteiger partial charge in [-0.3, -0.25) is 9.59 Å². The molecule has 0 radical (unpaired) electrons. The molecule has 2 aromatic carbocycles. The Bertz CT molecular complexity index is 811. The van der Waals surface area contributed by atoms with Crippen LogP contribution >= 0.6 is 11.6 Å². The van der Waals surface area contributed by atoms with Gasteiger partial charge in [-0.2, -0.15) is 0 Å². The number of amides is 1. The zero-order chi connectivity index (χ0) is 20.1. The van der Waals surface area contributed by atoms with Crippen molar-refractivity contribution in [1.82, 2.24) is 9.80 Å². The fraction of sp³-hybridized carbons (Fsp3) is 0.364. The van der Waals surface area contributed by atoms with Crippen LogP contribution in [0.3, 0.4) is 0 Å². The van der Waals surface area contributed by atoms with E-state index in [0.29, 0.717) is 27.9 Å². The molecule has 0 aromatic heterocycles. The number of piperidine rings is 1. The lowest BCUT2D eigenvalue weighted by molar-refractivity contribution is -0.134. The summed E-state index contributed by atoms with van der Waals surface area (Å²) in [7, 11) is 4.15. The fourth-order valence-electron chi connectivity index (χ4n) is 3.34. The molecule has 0 atom stereocenters. The zero-order valence-corrected chi connectivity index (χ0v) is 17.0. The Balaban J connectivity index is 1.51. The Morgan fingerprint density at radius 2 is 1.54 bits per heavy atom. The topological polar surface area (TPSA) is 49.9 Å². The van der Waals surface area contributed by atoms with Crippen molar-refractivity contribution in [3.8, 4) is 5.75 Å². The summed E-state index contributed by atoms with van der Waals surface area (Å²) in [5.41, 5.74) is 1.14. The Labute approximate surface area is 170 Å². The predicted octanol–water partition coefficient (Wildman–Crippen LogP) is 3.50. The standard InChI is InChI=1S/C22H25ClN2O3/c1-24(2)19-11-13-25(14-12-19)21(26)15-28-20-9-5-17(6-10-20)22(27)16-3-7-18(23)8-4-16/h3-10,19H,11-15H2,1-2H3. The van der Waals surface area contributed by atoms with E-state index in [-0.39, 0.29) is 18.3 Å². The minimum Gasteiger partial charge on any atom is -0.484 e. The van der Waals surface area contributed by atoms with Gasteiger partial charge in [0.05, 0.1) is 0 Å². The van der Waals surface area contributed by atoms with Gasteiger partial charge in [-0.05, 0) is 75.5 Å². The molecule has 148 valence electrons. The molecule has 0 aliphatic carbocycles. The summed E-state index contributed by atoms with van der Waals surface area (Å²) in [4.78, 5) is 28.9. The van der Waals surface area contributed by atoms with Gasteiger partial charge in [0.15, 0.2) is 12.4 Å². The second kappa shape index (κ2) is 9.22. The van der Waals surface area contributed by atoms with Crippen LogP contribution in [0.4, 0.5) is 0 Å². The summed E-state index contributed by atoms with van der Waals surface area (Å²) in [6.07, 6.45) is 1.97. The Kier molecular flexibility index (Phi) is 6.70. The van der Waals surface area contributed by atoms with Crippen LogP contribution in [0.2, 0.25) is 5.02 Å². The highest BCUT2D eigenvalue weighted by Gasteiger charge is 2.24. The molecule has 2 aromatic rings. The van der Waals surface area contributed by atoms with Crippen molar-refractivity contribution in [3.63, 3.8) is 0 Å². The number of carbonyl (C=O) groups excluding carboxylic acids is 2. The maximum atomic E-state index is 12.5. The number of hydrogen-bond acceptors (Lipinski definition) is 4. The number of likely N-dealkylation sites (tertiary alicyclic amines) is 1. The number of benzene rings is 2. The molecule has 28 heavy (non-hydrogen) atoms. The molecule has 1 aliphatic heterocycles. The summed E-state index contributed by atoms with van der Waals surface area (Å²) >= 11 is 5.86. The predicted molar refractivity (Wildman–Crippen MR) is 110 cm³/mol. The fourth-order valence-corrected chi connectivity index (χ4v) is 3.46. The first-order chi connectivity index (χ1) is 13.4. The summed E-state index contributed by atoms with van der Waals surface area (Å²) in [6, 6.07) is 14.2. The highest BCUT2D eigenvalue weighted by Crippen LogP contribution is 2.18. The summed E-state index contributed by atoms with van der Waals surface area (Å²) in [6.45, 7) is 1.54. The van der Waals surface area contributed by atoms with Crippen LogP contribution in [0.25, 0.3) is 0 Å². The van der Waals surface area contributed by atoms with Crippen LogP contribution in [-0.2, 0) is 4.79 Å². The van der Waals surface area contributed by atoms with Gasteiger partial charge in [0.25, 0.3) is 5.91 Å². The van der Waals surface area contributed by atoms with Crippen LogP contribution in [0, 0.1) is 0 Å². The highest BCUT2D eigenvalue weighted by atomic mass is 35.5. The first-order valence-electron chi connectivity index (χ1n) is 9.41. The van der Waals surface area contributed by atoms with Crippen molar-refractivity contribution in [2.45, 2.75) is 18.9 Å². The average molecular weight is 401 g/mol. The number of carbonyl (C=O) groups is 2. The van der Waals surface area contributed by atoms with Crippen LogP contribution in [0.5, 0.6) is 5.75 Å². The molecular formula is C22H25ClN2O3. The van der Waals surface area contributed by atoms with Crippen LogP contribution < -0.4 is 4.74 Å². The molecule has 1 aliphatic rings. The van der Waals surface area contributed by atoms with Crippen LogP contribution in [0.15, 0.2) is 48.5 Å². The van der Waals surface area contributed by atoms with E-state index in [1.165, 1.54) is 0 Å². The largest absolute Gasteiger partial charge is 0.484 e. The van der Waals surface area contributed by atoms with Crippen molar-refractivity contribution in [1.29, 1.82) is 0 Å². The Morgan fingerprint density at radius 3 is 2.07 bits per heavy atom. The monoisotopic (exact) mass is 400 g/mol. The van der Waals surface area contributed by atoms with E-state index in [4.69, 9.17) is 16.3 Å². The van der Waals surface area contributed by atoms with E-state index in [9.17, 15) is 9.59 Å². The van der Waals surface area contributed by atoms with E-state index in [2.05, 4.69) is 19.0 Å². The number of ether oxygens (including phenoxy) is 1. The third kappa shape index (κ3) is 5.12. The number of hydrogen-bond donors (Lipinski definition) is 0. The first-order valence-corrected chi connectivity index (χ1v) is 9.79. The molecule has 1 amide bonds. The molecule has 1 saturated heterocycles. The average Bonchev–Trinajstić information content (AvgIpc) is 2.72. The second-order valence-electron chi connectivity index (χ2n) is 7.22. The van der Waals surface area contributed by atoms with Crippen molar-refractivity contribution in [2.24, 2.45) is 0 Å². The first kappa shape index (κ1) is 20.4. The SMILES string of the molecule is CN(C)C1CCN(C(=O)COc2ccc(C(=O)c3ccc(Cl)cc3)cc2)CC1. The molecule has 0 saturated carbocycles. The smallest absolute Gasteiger partial charge is 0.260 e. The Hall–Kier alpha value is -2.37. The second-order valence-corrected chi connectivity index (χ2v) is 7.66. The van der Waals surface area contributed by atoms with Gasteiger partial charge >= 0.3 is 0 Å². The maximum Gasteiger partial charge on any atom is 0.260 e. The minimum absolute atomic E-state index is 0.00137. The van der Waals surface area contributed by atoms with Crippen molar-refractivity contribution in [2.75, 3.05) is 33.8 Å². The molecule has 0 spiro atoms. The zero-order valence-electron chi connectivity index (χ0n) is 16.2. The number of nitrogens with zero attached hydrogens (tertiary/aromatic N) is 2. The number of rotatable bonds is 6. The van der Waals surface area contributed by atoms with E-state index >= 15 is 0 Å². The summed E-state index contributed by atoms with van der Waals surface area (Å²) < 4.78 is 5.62. The molecule has 0 unspecified atom stereocenters. The number of ketones is 1. The summed E-state index contributed by atoms with van der Waals surface area (Å²) in [5.74, 6) is 0.491. The minimum atomic E-state index is -0.0805. The van der Waals surface area contributed by atoms with E-state index < -0.39 is 0 Å². The van der Waals surface area contributed by atoms with Crippen molar-refractivity contribution in [3.05, 3.63) is 64.7 Å². The van der Waals surface area contributed by atoms with Gasteiger partial charge in [0.1, 0.15) is 5.75 Å². The van der Waals surface area contributed by atoms with Crippen LogP contribution in [0.1, 0.15) is 28.8 Å². The van der Waals surface area contributed by atoms with Gasteiger partial charge in [-0.15, -0.1) is 0 Å². The van der Waals surface area contributed by atoms with Crippen LogP contribution in [-0.4, -0.2) is 61.3 Å². The molecule has 1 heterocycles. The molecule has 0 N–H and O–H groups in total. The third-order valence-electron chi connectivity index (χ3n) is 5.13. The van der Waals surface area contributed by atoms with Gasteiger partial charge in [-0.25, -0.2) is 0 Å². The van der Waals surface area contributed by atoms with Gasteiger partial charge in [0, 0.05) is 35.3 Å². The van der Waals surface area contributed by atoms with E-state index in [1.54, 1.807) is 48.5 Å². The molecule has 1 fully saturated rings. The Morgan fingerprint density at radius 1 is 1.00 bits per heavy atom. The lowest BCUT2D eigenvalue weighted by atomic mass is 10.0. The molecule has 5 nitrogen and oxygen atoms in total. The quantitative estimate of drug-likeness (QED) is 0.696. The molecular weight excluding hydrogens is 376 g/mol. The molecule has 0 bridgehead atoms. The molecule has 6 heteroatoms. The third-order valence-corrected chi connectivity index (χ3v) is 5.38. The maximum absolute atomic E-state index is 12.5. The summed E-state index contributed by atoms with van der Waals surface area (Å²) in [5, 5.41) is 0.593. The molecule has 3 rings (SSSR count). The van der Waals surface area contributed by atoms with Gasteiger partial charge < -0.3 is 14.5 Å². The van der Waals surface area contributed by atoms with E-state index in [0.717, 1.165) is 25.9 Å². The highest BCUT2D eigenvalue weighted by molar-refractivity contribution is 6.30. The van der Waals surface area contributed by atoms with Gasteiger partial charge in [-0.1, -0.05) is 11.6 Å². The van der Waals surface area contributed by atoms with Gasteiger partial charge in [0.2, 0.25) is 0 Å². The lowest BCUT2D eigenvalue weighted by Gasteiger charge is -2.35.